The number of ether oxygens (including phenoxy) is 1. The fourth-order valence-electron chi connectivity index (χ4n) is 4.24. The Balaban J connectivity index is 2.21. The fourth-order valence-corrected chi connectivity index (χ4v) is 4.24. The first-order valence-corrected chi connectivity index (χ1v) is 11.6. The van der Waals surface area contributed by atoms with Gasteiger partial charge in [0.25, 0.3) is 5.56 Å². The summed E-state index contributed by atoms with van der Waals surface area (Å²) in [5.41, 5.74) is 3.42. The van der Waals surface area contributed by atoms with E-state index in [1.807, 2.05) is 69.9 Å². The van der Waals surface area contributed by atoms with Crippen molar-refractivity contribution in [3.63, 3.8) is 0 Å². The van der Waals surface area contributed by atoms with Gasteiger partial charge in [0.15, 0.2) is 0 Å². The molecule has 0 aliphatic rings. The van der Waals surface area contributed by atoms with Gasteiger partial charge in [0.2, 0.25) is 5.91 Å². The topological polar surface area (TPSA) is 64.4 Å². The van der Waals surface area contributed by atoms with Crippen molar-refractivity contribution < 1.29 is 9.53 Å². The zero-order valence-electron chi connectivity index (χ0n) is 20.6. The Morgan fingerprint density at radius 3 is 2.52 bits per heavy atom. The number of carbonyl (C=O) groups excluding carboxylic acids is 1. The summed E-state index contributed by atoms with van der Waals surface area (Å²) in [7, 11) is 1.66. The minimum Gasteiger partial charge on any atom is -0.385 e. The van der Waals surface area contributed by atoms with Crippen molar-refractivity contribution in [3.05, 3.63) is 69.8 Å². The van der Waals surface area contributed by atoms with Crippen LogP contribution in [0, 0.1) is 19.8 Å². The highest BCUT2D eigenvalue weighted by Crippen LogP contribution is 2.26. The molecule has 33 heavy (non-hydrogen) atoms. The lowest BCUT2D eigenvalue weighted by atomic mass is 10.1. The summed E-state index contributed by atoms with van der Waals surface area (Å²) in [6.45, 7) is 11.2. The molecule has 0 N–H and O–H groups in total. The summed E-state index contributed by atoms with van der Waals surface area (Å²) in [5, 5.41) is 0.563. The number of nitrogens with zero attached hydrogens (tertiary/aromatic N) is 3. The number of carbonyl (C=O) groups is 1. The summed E-state index contributed by atoms with van der Waals surface area (Å²) in [6.07, 6.45) is 1.16. The molecular weight excluding hydrogens is 414 g/mol. The maximum atomic E-state index is 13.7. The molecule has 1 atom stereocenters. The van der Waals surface area contributed by atoms with Crippen LogP contribution in [0.25, 0.3) is 16.6 Å². The van der Waals surface area contributed by atoms with Crippen LogP contribution >= 0.6 is 0 Å². The lowest BCUT2D eigenvalue weighted by Crippen LogP contribution is -2.39. The van der Waals surface area contributed by atoms with E-state index in [4.69, 9.17) is 9.72 Å². The quantitative estimate of drug-likeness (QED) is 0.433. The molecule has 0 spiro atoms. The van der Waals surface area contributed by atoms with Crippen LogP contribution in [-0.2, 0) is 9.53 Å². The highest BCUT2D eigenvalue weighted by atomic mass is 16.5. The van der Waals surface area contributed by atoms with E-state index in [0.717, 1.165) is 16.8 Å². The highest BCUT2D eigenvalue weighted by Gasteiger charge is 2.27. The number of hydrogen-bond acceptors (Lipinski definition) is 4. The number of amides is 1. The summed E-state index contributed by atoms with van der Waals surface area (Å²) < 4.78 is 6.91. The summed E-state index contributed by atoms with van der Waals surface area (Å²) in [6, 6.07) is 13.0. The van der Waals surface area contributed by atoms with Gasteiger partial charge in [-0.15, -0.1) is 0 Å². The van der Waals surface area contributed by atoms with E-state index in [0.29, 0.717) is 42.7 Å². The van der Waals surface area contributed by atoms with Gasteiger partial charge < -0.3 is 9.64 Å². The van der Waals surface area contributed by atoms with Crippen molar-refractivity contribution in [2.45, 2.75) is 53.5 Å². The number of hydrogen-bond donors (Lipinski definition) is 0. The van der Waals surface area contributed by atoms with Crippen molar-refractivity contribution in [2.24, 2.45) is 5.92 Å². The maximum Gasteiger partial charge on any atom is 0.266 e. The van der Waals surface area contributed by atoms with Crippen LogP contribution in [0.2, 0.25) is 0 Å². The van der Waals surface area contributed by atoms with E-state index in [1.165, 1.54) is 0 Å². The number of aromatic nitrogens is 2. The van der Waals surface area contributed by atoms with Crippen molar-refractivity contribution in [1.82, 2.24) is 14.5 Å². The average molecular weight is 450 g/mol. The highest BCUT2D eigenvalue weighted by molar-refractivity contribution is 5.79. The first-order valence-electron chi connectivity index (χ1n) is 11.6. The second kappa shape index (κ2) is 10.8. The van der Waals surface area contributed by atoms with Crippen LogP contribution in [0.5, 0.6) is 0 Å². The van der Waals surface area contributed by atoms with E-state index in [-0.39, 0.29) is 23.4 Å². The van der Waals surface area contributed by atoms with E-state index in [9.17, 15) is 9.59 Å². The Bertz CT molecular complexity index is 1180. The van der Waals surface area contributed by atoms with Crippen LogP contribution in [0.1, 0.15) is 56.6 Å². The van der Waals surface area contributed by atoms with Crippen molar-refractivity contribution in [3.8, 4) is 5.69 Å². The molecule has 0 fully saturated rings. The van der Waals surface area contributed by atoms with Crippen LogP contribution in [0.15, 0.2) is 47.3 Å². The molecule has 0 radical (unpaired) electrons. The van der Waals surface area contributed by atoms with Crippen LogP contribution < -0.4 is 5.56 Å². The minimum atomic E-state index is -0.383. The minimum absolute atomic E-state index is 0.0585. The second-order valence-electron chi connectivity index (χ2n) is 9.13. The van der Waals surface area contributed by atoms with Crippen LogP contribution in [-0.4, -0.2) is 40.6 Å². The SMILES string of the molecule is COCCCN(C(=O)CC(C)C)C(C)c1nc2ccccc2c(=O)n1-c1ccc(C)cc1C. The standard InChI is InChI=1S/C27H35N3O3/c1-18(2)16-25(31)29(14-9-15-33-6)21(5)26-28-23-11-8-7-10-22(23)27(32)30(26)24-13-12-19(3)17-20(24)4/h7-8,10-13,17-18,21H,9,14-16H2,1-6H3. The average Bonchev–Trinajstić information content (AvgIpc) is 2.76. The normalized spacial score (nSPS) is 12.3. The number of benzene rings is 2. The molecule has 1 unspecified atom stereocenters. The Hall–Kier alpha value is -2.99. The Labute approximate surface area is 196 Å². The van der Waals surface area contributed by atoms with Crippen molar-refractivity contribution in [1.29, 1.82) is 0 Å². The first kappa shape index (κ1) is 24.6. The van der Waals surface area contributed by atoms with E-state index in [2.05, 4.69) is 6.07 Å². The van der Waals surface area contributed by atoms with Gasteiger partial charge in [-0.2, -0.15) is 0 Å². The third-order valence-corrected chi connectivity index (χ3v) is 5.89. The number of rotatable bonds is 9. The molecular formula is C27H35N3O3. The molecule has 1 amide bonds. The zero-order valence-corrected chi connectivity index (χ0v) is 20.6. The Morgan fingerprint density at radius 1 is 1.12 bits per heavy atom. The van der Waals surface area contributed by atoms with Gasteiger partial charge in [0.05, 0.1) is 22.6 Å². The van der Waals surface area contributed by atoms with E-state index in [1.54, 1.807) is 17.7 Å². The molecule has 0 aliphatic heterocycles. The molecule has 3 aromatic rings. The third kappa shape index (κ3) is 5.50. The maximum absolute atomic E-state index is 13.7. The molecule has 0 aliphatic carbocycles. The predicted molar refractivity (Wildman–Crippen MR) is 133 cm³/mol. The molecule has 1 aromatic heterocycles. The number of aryl methyl sites for hydroxylation is 2. The molecule has 6 heteroatoms. The van der Waals surface area contributed by atoms with Gasteiger partial charge in [-0.1, -0.05) is 43.7 Å². The molecule has 0 bridgehead atoms. The Morgan fingerprint density at radius 2 is 1.85 bits per heavy atom. The van der Waals surface area contributed by atoms with Crippen LogP contribution in [0.3, 0.4) is 0 Å². The number of para-hydroxylation sites is 1. The third-order valence-electron chi connectivity index (χ3n) is 5.89. The summed E-state index contributed by atoms with van der Waals surface area (Å²) in [5.74, 6) is 0.865. The van der Waals surface area contributed by atoms with Gasteiger partial charge in [0, 0.05) is 26.7 Å². The van der Waals surface area contributed by atoms with E-state index < -0.39 is 0 Å². The predicted octanol–water partition coefficient (Wildman–Crippen LogP) is 4.97. The first-order chi connectivity index (χ1) is 15.7. The molecule has 0 saturated carbocycles. The second-order valence-corrected chi connectivity index (χ2v) is 9.13. The van der Waals surface area contributed by atoms with E-state index >= 15 is 0 Å². The fraction of sp³-hybridized carbons (Fsp3) is 0.444. The van der Waals surface area contributed by atoms with Gasteiger partial charge in [-0.3, -0.25) is 14.2 Å². The number of fused-ring (bicyclic) bond motifs is 1. The van der Waals surface area contributed by atoms with Crippen molar-refractivity contribution in [2.75, 3.05) is 20.3 Å². The van der Waals surface area contributed by atoms with Gasteiger partial charge in [0.1, 0.15) is 5.82 Å². The molecule has 3 rings (SSSR count). The van der Waals surface area contributed by atoms with Gasteiger partial charge in [-0.05, 0) is 56.9 Å². The number of methoxy groups -OCH3 is 1. The van der Waals surface area contributed by atoms with Crippen molar-refractivity contribution >= 4 is 16.8 Å². The monoisotopic (exact) mass is 449 g/mol. The lowest BCUT2D eigenvalue weighted by molar-refractivity contribution is -0.134. The van der Waals surface area contributed by atoms with Gasteiger partial charge >= 0.3 is 0 Å². The molecule has 176 valence electrons. The van der Waals surface area contributed by atoms with Crippen LogP contribution in [0.4, 0.5) is 0 Å². The molecule has 0 saturated heterocycles. The van der Waals surface area contributed by atoms with Gasteiger partial charge in [-0.25, -0.2) is 4.98 Å². The smallest absolute Gasteiger partial charge is 0.266 e. The molecule has 6 nitrogen and oxygen atoms in total. The Kier molecular flexibility index (Phi) is 8.03. The summed E-state index contributed by atoms with van der Waals surface area (Å²) >= 11 is 0. The largest absolute Gasteiger partial charge is 0.385 e. The lowest BCUT2D eigenvalue weighted by Gasteiger charge is -2.31. The summed E-state index contributed by atoms with van der Waals surface area (Å²) in [4.78, 5) is 33.7. The zero-order chi connectivity index (χ0) is 24.1. The molecule has 2 aromatic carbocycles. The molecule has 1 heterocycles.